The van der Waals surface area contributed by atoms with Gasteiger partial charge in [-0.25, -0.2) is 4.39 Å². The Hall–Kier alpha value is -3.30. The van der Waals surface area contributed by atoms with Crippen molar-refractivity contribution in [1.29, 1.82) is 0 Å². The van der Waals surface area contributed by atoms with Crippen LogP contribution in [-0.4, -0.2) is 45.8 Å². The first kappa shape index (κ1) is 30.2. The minimum Gasteiger partial charge on any atom is -0.481 e. The molecule has 0 spiro atoms. The van der Waals surface area contributed by atoms with Gasteiger partial charge in [0.05, 0.1) is 24.8 Å². The van der Waals surface area contributed by atoms with E-state index in [1.165, 1.54) is 7.05 Å². The molecule has 0 aliphatic carbocycles. The number of carboxylic acids is 1. The van der Waals surface area contributed by atoms with Gasteiger partial charge in [-0.05, 0) is 79.6 Å². The molecule has 0 radical (unpaired) electrons. The van der Waals surface area contributed by atoms with Crippen LogP contribution in [0.1, 0.15) is 53.0 Å². The SMILES string of the molecule is Cc1cc(-c2ccc(C(O)CCc3ccc(CC(C)C(=O)O)cc3C)cc2CN(C)CC(F)(F)F)c(F)cn1. The van der Waals surface area contributed by atoms with Gasteiger partial charge in [0.25, 0.3) is 0 Å². The quantitative estimate of drug-likeness (QED) is 0.271. The number of carboxylic acid groups (broad SMARTS) is 1. The summed E-state index contributed by atoms with van der Waals surface area (Å²) in [6.07, 6.45) is -2.85. The maximum absolute atomic E-state index is 14.7. The number of aliphatic carboxylic acids is 1. The number of hydrogen-bond acceptors (Lipinski definition) is 4. The summed E-state index contributed by atoms with van der Waals surface area (Å²) in [7, 11) is 1.35. The lowest BCUT2D eigenvalue weighted by Gasteiger charge is -2.22. The molecule has 0 amide bonds. The predicted molar refractivity (Wildman–Crippen MR) is 142 cm³/mol. The smallest absolute Gasteiger partial charge is 0.401 e. The lowest BCUT2D eigenvalue weighted by atomic mass is 9.92. The Morgan fingerprint density at radius 1 is 1.05 bits per heavy atom. The molecule has 3 rings (SSSR count). The Labute approximate surface area is 226 Å². The van der Waals surface area contributed by atoms with E-state index in [0.29, 0.717) is 41.6 Å². The fourth-order valence-electron chi connectivity index (χ4n) is 4.68. The molecule has 5 nitrogen and oxygen atoms in total. The van der Waals surface area contributed by atoms with Crippen molar-refractivity contribution in [2.75, 3.05) is 13.6 Å². The van der Waals surface area contributed by atoms with Crippen LogP contribution in [0.2, 0.25) is 0 Å². The molecule has 0 aliphatic rings. The summed E-state index contributed by atoms with van der Waals surface area (Å²) >= 11 is 0. The van der Waals surface area contributed by atoms with Crippen LogP contribution in [0.25, 0.3) is 11.1 Å². The number of aliphatic hydroxyl groups is 1. The molecule has 2 N–H and O–H groups in total. The third kappa shape index (κ3) is 8.60. The van der Waals surface area contributed by atoms with Crippen LogP contribution in [-0.2, 0) is 24.2 Å². The largest absolute Gasteiger partial charge is 0.481 e. The molecule has 2 unspecified atom stereocenters. The number of halogens is 4. The van der Waals surface area contributed by atoms with Crippen molar-refractivity contribution in [3.8, 4) is 11.1 Å². The van der Waals surface area contributed by atoms with E-state index in [0.717, 1.165) is 27.8 Å². The second kappa shape index (κ2) is 12.7. The Morgan fingerprint density at radius 2 is 1.77 bits per heavy atom. The minimum atomic E-state index is -4.39. The van der Waals surface area contributed by atoms with Gasteiger partial charge in [-0.15, -0.1) is 0 Å². The van der Waals surface area contributed by atoms with Gasteiger partial charge in [0, 0.05) is 17.8 Å². The highest BCUT2D eigenvalue weighted by molar-refractivity contribution is 5.70. The van der Waals surface area contributed by atoms with Crippen LogP contribution in [0.4, 0.5) is 17.6 Å². The second-order valence-electron chi connectivity index (χ2n) is 10.3. The minimum absolute atomic E-state index is 0.0917. The van der Waals surface area contributed by atoms with Crippen molar-refractivity contribution < 1.29 is 32.6 Å². The molecule has 0 bridgehead atoms. The maximum atomic E-state index is 14.7. The molecule has 9 heteroatoms. The average molecular weight is 547 g/mol. The molecule has 2 aromatic carbocycles. The maximum Gasteiger partial charge on any atom is 0.401 e. The number of aliphatic hydroxyl groups excluding tert-OH is 1. The van der Waals surface area contributed by atoms with Crippen molar-refractivity contribution in [3.63, 3.8) is 0 Å². The number of aryl methyl sites for hydroxylation is 3. The van der Waals surface area contributed by atoms with Gasteiger partial charge in [-0.1, -0.05) is 43.3 Å². The van der Waals surface area contributed by atoms with Crippen LogP contribution < -0.4 is 0 Å². The Kier molecular flexibility index (Phi) is 9.85. The number of pyridine rings is 1. The standard InChI is InChI=1S/C30H34F4N2O3/c1-18-11-21(12-19(2)29(38)39)5-6-22(18)8-10-28(37)23-7-9-25(26-13-20(3)35-15-27(26)31)24(14-23)16-36(4)17-30(32,33)34/h5-7,9,11,13-15,19,28,37H,8,10,12,16-17H2,1-4H3,(H,38,39). The molecule has 210 valence electrons. The first-order chi connectivity index (χ1) is 18.2. The number of aromatic nitrogens is 1. The van der Waals surface area contributed by atoms with Crippen LogP contribution in [0.5, 0.6) is 0 Å². The fraction of sp³-hybridized carbons (Fsp3) is 0.400. The lowest BCUT2D eigenvalue weighted by molar-refractivity contribution is -0.144. The van der Waals surface area contributed by atoms with Crippen molar-refractivity contribution in [1.82, 2.24) is 9.88 Å². The topological polar surface area (TPSA) is 73.7 Å². The normalized spacial score (nSPS) is 13.5. The van der Waals surface area contributed by atoms with Gasteiger partial charge in [-0.3, -0.25) is 14.7 Å². The molecule has 0 fully saturated rings. The van der Waals surface area contributed by atoms with Gasteiger partial charge >= 0.3 is 12.1 Å². The summed E-state index contributed by atoms with van der Waals surface area (Å²) in [5.74, 6) is -1.92. The van der Waals surface area contributed by atoms with Gasteiger partial charge in [0.15, 0.2) is 0 Å². The van der Waals surface area contributed by atoms with E-state index in [4.69, 9.17) is 5.11 Å². The first-order valence-corrected chi connectivity index (χ1v) is 12.7. The van der Waals surface area contributed by atoms with Crippen LogP contribution >= 0.6 is 0 Å². The summed E-state index contributed by atoms with van der Waals surface area (Å²) in [4.78, 5) is 16.2. The third-order valence-corrected chi connectivity index (χ3v) is 6.74. The second-order valence-corrected chi connectivity index (χ2v) is 10.3. The number of hydrogen-bond donors (Lipinski definition) is 2. The van der Waals surface area contributed by atoms with E-state index in [1.807, 2.05) is 25.1 Å². The lowest BCUT2D eigenvalue weighted by Crippen LogP contribution is -2.30. The van der Waals surface area contributed by atoms with Crippen LogP contribution in [0.3, 0.4) is 0 Å². The predicted octanol–water partition coefficient (Wildman–Crippen LogP) is 6.43. The van der Waals surface area contributed by atoms with E-state index in [9.17, 15) is 27.5 Å². The van der Waals surface area contributed by atoms with Crippen molar-refractivity contribution >= 4 is 5.97 Å². The highest BCUT2D eigenvalue weighted by atomic mass is 19.4. The van der Waals surface area contributed by atoms with E-state index in [-0.39, 0.29) is 12.1 Å². The highest BCUT2D eigenvalue weighted by Gasteiger charge is 2.29. The van der Waals surface area contributed by atoms with E-state index in [1.54, 1.807) is 38.1 Å². The van der Waals surface area contributed by atoms with Gasteiger partial charge < -0.3 is 10.2 Å². The molecular weight excluding hydrogens is 512 g/mol. The Bertz CT molecular complexity index is 1310. The molecule has 39 heavy (non-hydrogen) atoms. The summed E-state index contributed by atoms with van der Waals surface area (Å²) < 4.78 is 53.6. The molecule has 0 saturated heterocycles. The molecule has 1 heterocycles. The molecule has 0 aliphatic heterocycles. The molecule has 3 aromatic rings. The number of alkyl halides is 3. The number of benzene rings is 2. The Morgan fingerprint density at radius 3 is 2.41 bits per heavy atom. The van der Waals surface area contributed by atoms with E-state index >= 15 is 0 Å². The number of carbonyl (C=O) groups is 1. The van der Waals surface area contributed by atoms with Gasteiger partial charge in [0.2, 0.25) is 0 Å². The highest BCUT2D eigenvalue weighted by Crippen LogP contribution is 2.32. The molecule has 1 aromatic heterocycles. The van der Waals surface area contributed by atoms with Gasteiger partial charge in [-0.2, -0.15) is 13.2 Å². The third-order valence-electron chi connectivity index (χ3n) is 6.74. The Balaban J connectivity index is 1.82. The summed E-state index contributed by atoms with van der Waals surface area (Å²) in [5, 5.41) is 20.1. The summed E-state index contributed by atoms with van der Waals surface area (Å²) in [6, 6.07) is 12.3. The zero-order valence-corrected chi connectivity index (χ0v) is 22.5. The number of nitrogens with zero attached hydrogens (tertiary/aromatic N) is 2. The van der Waals surface area contributed by atoms with E-state index in [2.05, 4.69) is 4.98 Å². The monoisotopic (exact) mass is 546 g/mol. The zero-order valence-electron chi connectivity index (χ0n) is 22.5. The molecule has 0 saturated carbocycles. The summed E-state index contributed by atoms with van der Waals surface area (Å²) in [6.45, 7) is 4.08. The summed E-state index contributed by atoms with van der Waals surface area (Å²) in [5.41, 5.74) is 5.19. The van der Waals surface area contributed by atoms with E-state index < -0.39 is 36.5 Å². The molecular formula is C30H34F4N2O3. The number of rotatable bonds is 11. The van der Waals surface area contributed by atoms with Crippen molar-refractivity contribution in [2.24, 2.45) is 5.92 Å². The molecule has 2 atom stereocenters. The average Bonchev–Trinajstić information content (AvgIpc) is 2.83. The van der Waals surface area contributed by atoms with Crippen molar-refractivity contribution in [2.45, 2.75) is 58.9 Å². The van der Waals surface area contributed by atoms with Crippen LogP contribution in [0, 0.1) is 25.6 Å². The fourth-order valence-corrected chi connectivity index (χ4v) is 4.68. The first-order valence-electron chi connectivity index (χ1n) is 12.7. The van der Waals surface area contributed by atoms with Gasteiger partial charge in [0.1, 0.15) is 5.82 Å². The zero-order chi connectivity index (χ0) is 28.9. The van der Waals surface area contributed by atoms with Crippen LogP contribution in [0.15, 0.2) is 48.7 Å². The van der Waals surface area contributed by atoms with Crippen molar-refractivity contribution in [3.05, 3.63) is 88.0 Å².